The monoisotopic (exact) mass is 569 g/mol. The van der Waals surface area contributed by atoms with E-state index >= 15 is 0 Å². The third-order valence-electron chi connectivity index (χ3n) is 5.21. The maximum atomic E-state index is 5.81. The van der Waals surface area contributed by atoms with Crippen LogP contribution in [0.4, 0.5) is 0 Å². The average Bonchev–Trinajstić information content (AvgIpc) is 2.81. The lowest BCUT2D eigenvalue weighted by Crippen LogP contribution is -2.42. The van der Waals surface area contributed by atoms with Gasteiger partial charge >= 0.3 is 0 Å². The minimum Gasteiger partial charge on any atom is -0.497 e. The summed E-state index contributed by atoms with van der Waals surface area (Å²) in [6, 6.07) is 11.7. The van der Waals surface area contributed by atoms with Crippen LogP contribution in [0.25, 0.3) is 0 Å². The van der Waals surface area contributed by atoms with Crippen LogP contribution >= 0.6 is 24.0 Å². The Morgan fingerprint density at radius 3 is 2.52 bits per heavy atom. The number of hydrogen-bond acceptors (Lipinski definition) is 5. The van der Waals surface area contributed by atoms with Crippen LogP contribution < -0.4 is 20.1 Å². The Kier molecular flexibility index (Phi) is 14.5. The van der Waals surface area contributed by atoms with Crippen LogP contribution in [0.5, 0.6) is 17.4 Å². The van der Waals surface area contributed by atoms with Gasteiger partial charge in [-0.05, 0) is 64.0 Å². The first-order chi connectivity index (χ1) is 15.6. The van der Waals surface area contributed by atoms with E-state index in [0.717, 1.165) is 49.9 Å². The quantitative estimate of drug-likeness (QED) is 0.200. The van der Waals surface area contributed by atoms with E-state index in [1.54, 1.807) is 13.3 Å². The fourth-order valence-corrected chi connectivity index (χ4v) is 3.31. The molecule has 0 spiro atoms. The van der Waals surface area contributed by atoms with Gasteiger partial charge in [-0.1, -0.05) is 26.0 Å². The molecule has 0 fully saturated rings. The molecule has 33 heavy (non-hydrogen) atoms. The first-order valence-electron chi connectivity index (χ1n) is 11.6. The number of pyridine rings is 1. The van der Waals surface area contributed by atoms with Gasteiger partial charge in [0.25, 0.3) is 0 Å². The van der Waals surface area contributed by atoms with Crippen molar-refractivity contribution in [1.82, 2.24) is 20.5 Å². The van der Waals surface area contributed by atoms with Gasteiger partial charge in [0.2, 0.25) is 5.88 Å². The lowest BCUT2D eigenvalue weighted by molar-refractivity contribution is 0.292. The predicted octanol–water partition coefficient (Wildman–Crippen LogP) is 5.07. The van der Waals surface area contributed by atoms with E-state index in [4.69, 9.17) is 14.5 Å². The van der Waals surface area contributed by atoms with Crippen molar-refractivity contribution >= 4 is 29.9 Å². The lowest BCUT2D eigenvalue weighted by Gasteiger charge is -2.21. The van der Waals surface area contributed by atoms with E-state index in [1.165, 1.54) is 6.42 Å². The molecule has 0 amide bonds. The minimum absolute atomic E-state index is 0. The highest BCUT2D eigenvalue weighted by Crippen LogP contribution is 2.23. The molecule has 0 aliphatic heterocycles. The van der Waals surface area contributed by atoms with Gasteiger partial charge in [-0.25, -0.2) is 9.98 Å². The zero-order chi connectivity index (χ0) is 23.2. The maximum Gasteiger partial charge on any atom is 0.219 e. The molecule has 0 saturated heterocycles. The van der Waals surface area contributed by atoms with E-state index in [0.29, 0.717) is 24.2 Å². The summed E-state index contributed by atoms with van der Waals surface area (Å²) in [4.78, 5) is 11.6. The third kappa shape index (κ3) is 11.1. The summed E-state index contributed by atoms with van der Waals surface area (Å²) in [6.45, 7) is 13.5. The first kappa shape index (κ1) is 29.0. The smallest absolute Gasteiger partial charge is 0.219 e. The summed E-state index contributed by atoms with van der Waals surface area (Å²) >= 11 is 0. The van der Waals surface area contributed by atoms with Gasteiger partial charge in [0.15, 0.2) is 5.96 Å². The minimum atomic E-state index is 0. The molecule has 0 aliphatic rings. The summed E-state index contributed by atoms with van der Waals surface area (Å²) in [5.41, 5.74) is 1.02. The summed E-state index contributed by atoms with van der Waals surface area (Å²) in [7, 11) is 1.64. The van der Waals surface area contributed by atoms with E-state index in [9.17, 15) is 0 Å². The fourth-order valence-electron chi connectivity index (χ4n) is 3.31. The van der Waals surface area contributed by atoms with Crippen molar-refractivity contribution in [2.45, 2.75) is 53.1 Å². The highest BCUT2D eigenvalue weighted by atomic mass is 127. The molecule has 0 bridgehead atoms. The van der Waals surface area contributed by atoms with Crippen LogP contribution in [0.1, 0.15) is 46.1 Å². The van der Waals surface area contributed by atoms with E-state index < -0.39 is 0 Å². The number of nitrogens with one attached hydrogen (secondary N) is 2. The number of halogens is 1. The molecule has 1 heterocycles. The Bertz CT molecular complexity index is 813. The fraction of sp³-hybridized carbons (Fsp3) is 0.520. The normalized spacial score (nSPS) is 12.1. The van der Waals surface area contributed by atoms with Gasteiger partial charge in [-0.2, -0.15) is 0 Å². The van der Waals surface area contributed by atoms with Crippen LogP contribution in [0.3, 0.4) is 0 Å². The van der Waals surface area contributed by atoms with Gasteiger partial charge in [0.05, 0.1) is 13.7 Å². The molecule has 8 heteroatoms. The molecule has 0 radical (unpaired) electrons. The molecule has 1 unspecified atom stereocenters. The van der Waals surface area contributed by atoms with Gasteiger partial charge in [-0.15, -0.1) is 24.0 Å². The zero-order valence-electron chi connectivity index (χ0n) is 20.6. The summed E-state index contributed by atoms with van der Waals surface area (Å²) < 4.78 is 11.0. The van der Waals surface area contributed by atoms with Crippen LogP contribution in [-0.4, -0.2) is 55.2 Å². The molecule has 1 aromatic carbocycles. The number of rotatable bonds is 13. The van der Waals surface area contributed by atoms with Crippen molar-refractivity contribution in [3.05, 3.63) is 48.2 Å². The molecule has 2 rings (SSSR count). The van der Waals surface area contributed by atoms with Crippen molar-refractivity contribution in [2.75, 3.05) is 33.3 Å². The van der Waals surface area contributed by atoms with Crippen molar-refractivity contribution < 1.29 is 9.47 Å². The third-order valence-corrected chi connectivity index (χ3v) is 5.21. The Balaban J connectivity index is 0.00000544. The molecule has 184 valence electrons. The number of aliphatic imine (C=N–C) groups is 1. The molecule has 1 aromatic heterocycles. The van der Waals surface area contributed by atoms with Gasteiger partial charge in [0.1, 0.15) is 11.5 Å². The molecule has 1 atom stereocenters. The highest BCUT2D eigenvalue weighted by molar-refractivity contribution is 14.0. The second-order valence-corrected chi connectivity index (χ2v) is 7.70. The number of benzene rings is 1. The largest absolute Gasteiger partial charge is 0.497 e. The SMILES string of the molecule is CCNC(=NCc1ccc(Oc2cccc(OC)c2)nc1)NC(C)CCCN(CC)CC.I. The molecule has 7 nitrogen and oxygen atoms in total. The van der Waals surface area contributed by atoms with Crippen LogP contribution in [-0.2, 0) is 6.54 Å². The van der Waals surface area contributed by atoms with Crippen LogP contribution in [0, 0.1) is 0 Å². The summed E-state index contributed by atoms with van der Waals surface area (Å²) in [6.07, 6.45) is 4.09. The number of hydrogen-bond donors (Lipinski definition) is 2. The molecule has 2 aromatic rings. The van der Waals surface area contributed by atoms with E-state index in [1.807, 2.05) is 36.4 Å². The van der Waals surface area contributed by atoms with Gasteiger partial charge in [-0.3, -0.25) is 0 Å². The zero-order valence-corrected chi connectivity index (χ0v) is 23.0. The maximum absolute atomic E-state index is 5.81. The number of methoxy groups -OCH3 is 1. The molecule has 0 saturated carbocycles. The number of aromatic nitrogens is 1. The van der Waals surface area contributed by atoms with Crippen molar-refractivity contribution in [1.29, 1.82) is 0 Å². The predicted molar refractivity (Wildman–Crippen MR) is 147 cm³/mol. The van der Waals surface area contributed by atoms with Crippen molar-refractivity contribution in [3.63, 3.8) is 0 Å². The summed E-state index contributed by atoms with van der Waals surface area (Å²) in [5, 5.41) is 6.85. The van der Waals surface area contributed by atoms with E-state index in [-0.39, 0.29) is 24.0 Å². The molecule has 2 N–H and O–H groups in total. The number of guanidine groups is 1. The second-order valence-electron chi connectivity index (χ2n) is 7.70. The topological polar surface area (TPSA) is 71.0 Å². The summed E-state index contributed by atoms with van der Waals surface area (Å²) in [5.74, 6) is 2.81. The lowest BCUT2D eigenvalue weighted by atomic mass is 10.2. The molecular weight excluding hydrogens is 529 g/mol. The average molecular weight is 570 g/mol. The van der Waals surface area contributed by atoms with Crippen molar-refractivity contribution in [2.24, 2.45) is 4.99 Å². The van der Waals surface area contributed by atoms with Gasteiger partial charge < -0.3 is 25.0 Å². The molecule has 0 aliphatic carbocycles. The Morgan fingerprint density at radius 2 is 1.88 bits per heavy atom. The van der Waals surface area contributed by atoms with Crippen LogP contribution in [0.15, 0.2) is 47.6 Å². The van der Waals surface area contributed by atoms with Crippen LogP contribution in [0.2, 0.25) is 0 Å². The standard InChI is InChI=1S/C25H39N5O2.HI/c1-6-26-25(29-20(4)11-10-16-30(7-2)8-3)28-19-21-14-15-24(27-18-21)32-23-13-9-12-22(17-23)31-5;/h9,12-15,17-18,20H,6-8,10-11,16,19H2,1-5H3,(H2,26,28,29);1H. The Labute approximate surface area is 216 Å². The molecular formula is C25H40IN5O2. The number of ether oxygens (including phenoxy) is 2. The van der Waals surface area contributed by atoms with E-state index in [2.05, 4.69) is 48.2 Å². The highest BCUT2D eigenvalue weighted by Gasteiger charge is 2.07. The Hall–Kier alpha value is -2.07. The first-order valence-corrected chi connectivity index (χ1v) is 11.6. The van der Waals surface area contributed by atoms with Crippen molar-refractivity contribution in [3.8, 4) is 17.4 Å². The second kappa shape index (κ2) is 16.5. The number of nitrogens with zero attached hydrogens (tertiary/aromatic N) is 3. The Morgan fingerprint density at radius 1 is 1.12 bits per heavy atom. The van der Waals surface area contributed by atoms with Gasteiger partial charge in [0, 0.05) is 30.9 Å².